The van der Waals surface area contributed by atoms with Crippen molar-refractivity contribution in [2.75, 3.05) is 26.4 Å². The third-order valence-corrected chi connectivity index (χ3v) is 5.33. The van der Waals surface area contributed by atoms with Crippen molar-refractivity contribution in [1.29, 1.82) is 0 Å². The van der Waals surface area contributed by atoms with Gasteiger partial charge in [0, 0.05) is 17.0 Å². The number of benzene rings is 3. The molecule has 3 aromatic rings. The minimum atomic E-state index is -0.124. The molecule has 0 fully saturated rings. The summed E-state index contributed by atoms with van der Waals surface area (Å²) in [6.45, 7) is 8.62. The zero-order valence-electron chi connectivity index (χ0n) is 18.8. The van der Waals surface area contributed by atoms with Gasteiger partial charge in [0.05, 0.1) is 13.2 Å². The van der Waals surface area contributed by atoms with Crippen LogP contribution in [-0.2, 0) is 0 Å². The molecule has 164 valence electrons. The van der Waals surface area contributed by atoms with E-state index < -0.39 is 0 Å². The van der Waals surface area contributed by atoms with Gasteiger partial charge in [0.2, 0.25) is 0 Å². The zero-order valence-corrected chi connectivity index (χ0v) is 18.8. The van der Waals surface area contributed by atoms with Crippen LogP contribution in [0.25, 0.3) is 0 Å². The van der Waals surface area contributed by atoms with Gasteiger partial charge in [-0.2, -0.15) is 0 Å². The van der Waals surface area contributed by atoms with Gasteiger partial charge in [-0.25, -0.2) is 0 Å². The van der Waals surface area contributed by atoms with E-state index in [9.17, 15) is 10.2 Å². The highest BCUT2D eigenvalue weighted by Crippen LogP contribution is 2.44. The number of aliphatic hydroxyl groups excluding tert-OH is 2. The highest BCUT2D eigenvalue weighted by molar-refractivity contribution is 5.58. The minimum Gasteiger partial charge on any atom is -0.491 e. The third kappa shape index (κ3) is 5.27. The number of aliphatic hydroxyl groups is 2. The lowest BCUT2D eigenvalue weighted by Crippen LogP contribution is -2.13. The van der Waals surface area contributed by atoms with Gasteiger partial charge in [-0.15, -0.1) is 0 Å². The fourth-order valence-corrected chi connectivity index (χ4v) is 4.27. The predicted molar refractivity (Wildman–Crippen MR) is 124 cm³/mol. The summed E-state index contributed by atoms with van der Waals surface area (Å²) in [4.78, 5) is 0. The molecule has 0 aliphatic heterocycles. The Hall–Kier alpha value is -2.82. The Bertz CT molecular complexity index is 948. The normalized spacial score (nSPS) is 11.1. The highest BCUT2D eigenvalue weighted by Gasteiger charge is 2.26. The van der Waals surface area contributed by atoms with Crippen molar-refractivity contribution < 1.29 is 19.7 Å². The van der Waals surface area contributed by atoms with E-state index in [0.29, 0.717) is 0 Å². The van der Waals surface area contributed by atoms with E-state index in [4.69, 9.17) is 9.47 Å². The van der Waals surface area contributed by atoms with Crippen molar-refractivity contribution in [3.63, 3.8) is 0 Å². The first kappa shape index (κ1) is 22.9. The van der Waals surface area contributed by atoms with Gasteiger partial charge >= 0.3 is 0 Å². The Labute approximate surface area is 185 Å². The first-order valence-corrected chi connectivity index (χ1v) is 10.7. The van der Waals surface area contributed by atoms with Crippen LogP contribution < -0.4 is 9.47 Å². The first-order chi connectivity index (χ1) is 15.0. The van der Waals surface area contributed by atoms with Gasteiger partial charge in [-0.1, -0.05) is 65.7 Å². The number of hydrogen-bond donors (Lipinski definition) is 2. The molecule has 2 N–H and O–H groups in total. The minimum absolute atomic E-state index is 0.0445. The molecular formula is C27H32O4. The molecule has 0 unspecified atom stereocenters. The summed E-state index contributed by atoms with van der Waals surface area (Å²) in [6, 6.07) is 18.8. The molecule has 4 nitrogen and oxygen atoms in total. The summed E-state index contributed by atoms with van der Waals surface area (Å²) in [7, 11) is 0. The van der Waals surface area contributed by atoms with Crippen LogP contribution in [-0.4, -0.2) is 36.6 Å². The lowest BCUT2D eigenvalue weighted by Gasteiger charge is -2.26. The quantitative estimate of drug-likeness (QED) is 0.486. The van der Waals surface area contributed by atoms with Crippen LogP contribution >= 0.6 is 0 Å². The molecule has 4 heteroatoms. The van der Waals surface area contributed by atoms with Crippen molar-refractivity contribution >= 4 is 0 Å². The lowest BCUT2D eigenvalue weighted by molar-refractivity contribution is 0.198. The van der Waals surface area contributed by atoms with Crippen LogP contribution in [0.5, 0.6) is 11.5 Å². The third-order valence-electron chi connectivity index (χ3n) is 5.33. The monoisotopic (exact) mass is 420 g/mol. The molecule has 0 amide bonds. The Morgan fingerprint density at radius 1 is 0.677 bits per heavy atom. The van der Waals surface area contributed by atoms with Crippen molar-refractivity contribution in [3.05, 3.63) is 93.5 Å². The molecule has 0 bridgehead atoms. The summed E-state index contributed by atoms with van der Waals surface area (Å²) < 4.78 is 12.1. The topological polar surface area (TPSA) is 58.9 Å². The molecule has 0 spiro atoms. The smallest absolute Gasteiger partial charge is 0.126 e. The number of aryl methyl sites for hydroxylation is 4. The van der Waals surface area contributed by atoms with Crippen LogP contribution in [0.2, 0.25) is 0 Å². The average molecular weight is 421 g/mol. The molecular weight excluding hydrogens is 388 g/mol. The van der Waals surface area contributed by atoms with Gasteiger partial charge < -0.3 is 19.7 Å². The lowest BCUT2D eigenvalue weighted by atomic mass is 9.81. The summed E-state index contributed by atoms with van der Waals surface area (Å²) in [5.41, 5.74) is 7.56. The molecule has 0 saturated carbocycles. The SMILES string of the molecule is Cc1cc(C)c(OCCO)c(C(c2ccccc2)c2cc(C)cc(C)c2OCCO)c1. The second kappa shape index (κ2) is 10.5. The van der Waals surface area contributed by atoms with E-state index >= 15 is 0 Å². The number of rotatable bonds is 9. The maximum atomic E-state index is 9.38. The largest absolute Gasteiger partial charge is 0.491 e. The summed E-state index contributed by atoms with van der Waals surface area (Å²) in [5.74, 6) is 1.46. The predicted octanol–water partition coefficient (Wildman–Crippen LogP) is 4.84. The van der Waals surface area contributed by atoms with Crippen molar-refractivity contribution in [1.82, 2.24) is 0 Å². The van der Waals surface area contributed by atoms with Crippen molar-refractivity contribution in [3.8, 4) is 11.5 Å². The Morgan fingerprint density at radius 3 is 1.55 bits per heavy atom. The van der Waals surface area contributed by atoms with Crippen molar-refractivity contribution in [2.45, 2.75) is 33.6 Å². The summed E-state index contributed by atoms with van der Waals surface area (Å²) in [6.07, 6.45) is 0. The van der Waals surface area contributed by atoms with E-state index in [1.807, 2.05) is 32.0 Å². The molecule has 0 aliphatic rings. The van der Waals surface area contributed by atoms with Crippen LogP contribution in [0, 0.1) is 27.7 Å². The highest BCUT2D eigenvalue weighted by atomic mass is 16.5. The average Bonchev–Trinajstić information content (AvgIpc) is 2.73. The maximum Gasteiger partial charge on any atom is 0.126 e. The second-order valence-electron chi connectivity index (χ2n) is 7.99. The molecule has 0 heterocycles. The molecule has 0 radical (unpaired) electrons. The molecule has 3 aromatic carbocycles. The first-order valence-electron chi connectivity index (χ1n) is 10.7. The standard InChI is InChI=1S/C27H32O4/c1-18-14-20(3)26(30-12-10-28)23(16-18)25(22-8-6-5-7-9-22)24-17-19(2)15-21(4)27(24)31-13-11-29/h5-9,14-17,25,28-29H,10-13H2,1-4H3. The molecule has 0 saturated heterocycles. The maximum absolute atomic E-state index is 9.38. The van der Waals surface area contributed by atoms with Crippen LogP contribution in [0.1, 0.15) is 44.9 Å². The molecule has 0 aliphatic carbocycles. The van der Waals surface area contributed by atoms with Gasteiger partial charge in [0.15, 0.2) is 0 Å². The van der Waals surface area contributed by atoms with E-state index in [1.165, 1.54) is 0 Å². The zero-order chi connectivity index (χ0) is 22.4. The van der Waals surface area contributed by atoms with Gasteiger partial charge in [-0.3, -0.25) is 0 Å². The fourth-order valence-electron chi connectivity index (χ4n) is 4.27. The van der Waals surface area contributed by atoms with Gasteiger partial charge in [0.1, 0.15) is 24.7 Å². The van der Waals surface area contributed by atoms with E-state index in [0.717, 1.165) is 50.4 Å². The van der Waals surface area contributed by atoms with Gasteiger partial charge in [-0.05, 0) is 44.4 Å². The molecule has 3 rings (SSSR count). The van der Waals surface area contributed by atoms with Crippen LogP contribution in [0.4, 0.5) is 0 Å². The number of hydrogen-bond acceptors (Lipinski definition) is 4. The van der Waals surface area contributed by atoms with Crippen LogP contribution in [0.15, 0.2) is 54.6 Å². The molecule has 0 atom stereocenters. The Kier molecular flexibility index (Phi) is 7.72. The summed E-state index contributed by atoms with van der Waals surface area (Å²) in [5, 5.41) is 18.8. The summed E-state index contributed by atoms with van der Waals surface area (Å²) >= 11 is 0. The van der Waals surface area contributed by atoms with Crippen LogP contribution in [0.3, 0.4) is 0 Å². The molecule has 0 aromatic heterocycles. The van der Waals surface area contributed by atoms with E-state index in [1.54, 1.807) is 0 Å². The molecule has 31 heavy (non-hydrogen) atoms. The van der Waals surface area contributed by atoms with Crippen molar-refractivity contribution in [2.24, 2.45) is 0 Å². The Balaban J connectivity index is 2.31. The Morgan fingerprint density at radius 2 is 1.13 bits per heavy atom. The number of ether oxygens (including phenoxy) is 2. The van der Waals surface area contributed by atoms with E-state index in [-0.39, 0.29) is 32.3 Å². The second-order valence-corrected chi connectivity index (χ2v) is 7.99. The van der Waals surface area contributed by atoms with Gasteiger partial charge in [0.25, 0.3) is 0 Å². The fraction of sp³-hybridized carbons (Fsp3) is 0.333. The van der Waals surface area contributed by atoms with E-state index in [2.05, 4.69) is 50.2 Å².